The number of amides is 4. The summed E-state index contributed by atoms with van der Waals surface area (Å²) in [5.41, 5.74) is 6.10. The molecule has 3 N–H and O–H groups in total. The summed E-state index contributed by atoms with van der Waals surface area (Å²) < 4.78 is 10.6. The number of ketones is 1. The minimum atomic E-state index is -0.743. The number of Topliss-reactive ketones (excluding diaryl/α,β-unsaturated/α-hetero) is 1. The van der Waals surface area contributed by atoms with Gasteiger partial charge in [0.05, 0.1) is 16.9 Å². The van der Waals surface area contributed by atoms with Crippen LogP contribution in [-0.4, -0.2) is 68.9 Å². The average molecular weight is 623 g/mol. The van der Waals surface area contributed by atoms with Crippen molar-refractivity contribution < 1.29 is 23.9 Å². The molecule has 2 aliphatic heterocycles. The minimum Gasteiger partial charge on any atom is -0.487 e. The second-order valence-electron chi connectivity index (χ2n) is 11.2. The number of halogens is 1. The van der Waals surface area contributed by atoms with E-state index in [1.54, 1.807) is 41.4 Å². The molecule has 4 amide bonds. The Bertz CT molecular complexity index is 1590. The van der Waals surface area contributed by atoms with Gasteiger partial charge in [-0.05, 0) is 68.2 Å². The molecule has 5 rings (SSSR count). The van der Waals surface area contributed by atoms with E-state index < -0.39 is 41.8 Å². The van der Waals surface area contributed by atoms with Crippen LogP contribution >= 0.6 is 23.1 Å². The molecule has 43 heavy (non-hydrogen) atoms. The maximum atomic E-state index is 14.4. The molecule has 2 aromatic carbocycles. The molecule has 2 aliphatic rings. The van der Waals surface area contributed by atoms with Gasteiger partial charge in [0.2, 0.25) is 11.8 Å². The third kappa shape index (κ3) is 6.70. The number of hydrogen-bond donors (Lipinski definition) is 2. The van der Waals surface area contributed by atoms with Gasteiger partial charge >= 0.3 is 6.03 Å². The second-order valence-corrected chi connectivity index (χ2v) is 12.5. The number of nitrogens with two attached hydrogens (primary N) is 1. The first-order chi connectivity index (χ1) is 20.4. The van der Waals surface area contributed by atoms with Crippen LogP contribution in [0.4, 0.5) is 4.79 Å². The van der Waals surface area contributed by atoms with Gasteiger partial charge in [-0.1, -0.05) is 29.8 Å². The Balaban J connectivity index is 1.69. The number of nitrogens with one attached hydrogen (secondary N) is 1. The fraction of sp³-hybridized carbons (Fsp3) is 0.333. The molecular weight excluding hydrogens is 592 g/mol. The van der Waals surface area contributed by atoms with Crippen LogP contribution in [0.2, 0.25) is 5.02 Å². The van der Waals surface area contributed by atoms with E-state index in [2.05, 4.69) is 9.69 Å². The van der Waals surface area contributed by atoms with Gasteiger partial charge in [-0.3, -0.25) is 24.3 Å². The van der Waals surface area contributed by atoms with Crippen LogP contribution in [0.3, 0.4) is 0 Å². The van der Waals surface area contributed by atoms with E-state index in [9.17, 15) is 19.2 Å². The third-order valence-electron chi connectivity index (χ3n) is 6.84. The van der Waals surface area contributed by atoms with Crippen molar-refractivity contribution in [3.8, 4) is 5.75 Å². The number of ether oxygens (including phenoxy) is 1. The first-order valence-electron chi connectivity index (χ1n) is 13.6. The van der Waals surface area contributed by atoms with Crippen LogP contribution in [0.25, 0.3) is 0 Å². The molecule has 0 unspecified atom stereocenters. The summed E-state index contributed by atoms with van der Waals surface area (Å²) in [4.78, 5) is 59.9. The largest absolute Gasteiger partial charge is 0.487 e. The molecule has 1 aromatic heterocycles. The van der Waals surface area contributed by atoms with Crippen LogP contribution in [0.1, 0.15) is 65.6 Å². The summed E-state index contributed by atoms with van der Waals surface area (Å²) in [6.07, 6.45) is 1.21. The van der Waals surface area contributed by atoms with Crippen molar-refractivity contribution in [1.29, 1.82) is 0 Å². The number of hydrogen-bond acceptors (Lipinski definition) is 8. The average Bonchev–Trinajstić information content (AvgIpc) is 3.60. The monoisotopic (exact) mass is 622 g/mol. The van der Waals surface area contributed by atoms with Crippen molar-refractivity contribution in [2.45, 2.75) is 44.9 Å². The predicted octanol–water partition coefficient (Wildman–Crippen LogP) is 4.13. The smallest absolute Gasteiger partial charge is 0.326 e. The topological polar surface area (TPSA) is 147 Å². The Kier molecular flexibility index (Phi) is 8.52. The number of piperazine rings is 1. The Morgan fingerprint density at radius 1 is 1.14 bits per heavy atom. The lowest BCUT2D eigenvalue weighted by Crippen LogP contribution is -2.55. The van der Waals surface area contributed by atoms with Crippen molar-refractivity contribution in [2.75, 3.05) is 19.6 Å². The second kappa shape index (κ2) is 12.1. The maximum absolute atomic E-state index is 14.4. The quantitative estimate of drug-likeness (QED) is 0.299. The zero-order valence-corrected chi connectivity index (χ0v) is 25.4. The summed E-state index contributed by atoms with van der Waals surface area (Å²) >= 11 is 7.45. The van der Waals surface area contributed by atoms with E-state index >= 15 is 0 Å². The maximum Gasteiger partial charge on any atom is 0.326 e. The van der Waals surface area contributed by atoms with Crippen LogP contribution in [-0.2, 0) is 9.59 Å². The third-order valence-corrected chi connectivity index (χ3v) is 7.91. The number of benzene rings is 2. The van der Waals surface area contributed by atoms with E-state index in [-0.39, 0.29) is 18.0 Å². The van der Waals surface area contributed by atoms with Gasteiger partial charge in [0, 0.05) is 29.9 Å². The molecule has 0 spiro atoms. The standard InChI is InChI=1S/C30H31ClN6O5S/c1-30(2,3)42-22-14-18(21(38)15-24(32)39)6-9-20(22)28-35-26(17-4-7-19(31)8-5-17)27(23-10-11-34-43-23)37(28)29(41)36-13-12-33-25(40)16-36/h4-11,14,26-27H,12-13,15-16H2,1-3H3,(H2,32,39)(H,33,40)/t26-,27+/m0/s1. The van der Waals surface area contributed by atoms with Crippen LogP contribution in [0, 0.1) is 0 Å². The number of primary amides is 1. The van der Waals surface area contributed by atoms with Crippen molar-refractivity contribution in [2.24, 2.45) is 10.7 Å². The Labute approximate surface area is 257 Å². The first kappa shape index (κ1) is 30.2. The number of carbonyl (C=O) groups excluding carboxylic acids is 4. The number of urea groups is 1. The molecule has 13 heteroatoms. The summed E-state index contributed by atoms with van der Waals surface area (Å²) in [6, 6.07) is 12.3. The lowest BCUT2D eigenvalue weighted by Gasteiger charge is -2.35. The van der Waals surface area contributed by atoms with Gasteiger partial charge in [-0.25, -0.2) is 9.17 Å². The van der Waals surface area contributed by atoms with Gasteiger partial charge in [-0.2, -0.15) is 0 Å². The summed E-state index contributed by atoms with van der Waals surface area (Å²) in [7, 11) is 0. The number of nitrogens with zero attached hydrogens (tertiary/aromatic N) is 4. The van der Waals surface area contributed by atoms with Gasteiger partial charge in [-0.15, -0.1) is 0 Å². The highest BCUT2D eigenvalue weighted by atomic mass is 35.5. The van der Waals surface area contributed by atoms with Crippen molar-refractivity contribution in [3.05, 3.63) is 81.3 Å². The Morgan fingerprint density at radius 3 is 2.51 bits per heavy atom. The molecule has 224 valence electrons. The van der Waals surface area contributed by atoms with E-state index in [1.807, 2.05) is 39.0 Å². The zero-order chi connectivity index (χ0) is 30.9. The van der Waals surface area contributed by atoms with E-state index in [4.69, 9.17) is 27.1 Å². The lowest BCUT2D eigenvalue weighted by molar-refractivity contribution is -0.123. The molecular formula is C30H31ClN6O5S. The number of rotatable bonds is 7. The Hall–Kier alpha value is -4.29. The highest BCUT2D eigenvalue weighted by Gasteiger charge is 2.46. The summed E-state index contributed by atoms with van der Waals surface area (Å²) in [5.74, 6) is -0.846. The van der Waals surface area contributed by atoms with E-state index in [0.717, 1.165) is 10.4 Å². The van der Waals surface area contributed by atoms with Gasteiger partial charge < -0.3 is 20.7 Å². The molecule has 3 aromatic rings. The van der Waals surface area contributed by atoms with E-state index in [1.165, 1.54) is 16.4 Å². The molecule has 2 atom stereocenters. The molecule has 0 bridgehead atoms. The minimum absolute atomic E-state index is 0.102. The molecule has 1 saturated heterocycles. The van der Waals surface area contributed by atoms with Crippen LogP contribution in [0.5, 0.6) is 5.75 Å². The highest BCUT2D eigenvalue weighted by Crippen LogP contribution is 2.46. The SMILES string of the molecule is CC(C)(C)Oc1cc(C(=O)CC(N)=O)ccc1C1=N[C@@H](c2ccc(Cl)cc2)[C@@H](c2ccns2)N1C(=O)N1CCNC(=O)C1. The van der Waals surface area contributed by atoms with Gasteiger partial charge in [0.1, 0.15) is 35.8 Å². The Morgan fingerprint density at radius 2 is 1.88 bits per heavy atom. The number of amidine groups is 1. The van der Waals surface area contributed by atoms with Crippen molar-refractivity contribution in [3.63, 3.8) is 0 Å². The number of aromatic nitrogens is 1. The van der Waals surface area contributed by atoms with Crippen molar-refractivity contribution >= 4 is 52.6 Å². The van der Waals surface area contributed by atoms with Crippen molar-refractivity contribution in [1.82, 2.24) is 19.5 Å². The summed E-state index contributed by atoms with van der Waals surface area (Å²) in [5, 5.41) is 3.32. The highest BCUT2D eigenvalue weighted by molar-refractivity contribution is 7.05. The first-order valence-corrected chi connectivity index (χ1v) is 14.8. The lowest BCUT2D eigenvalue weighted by atomic mass is 9.98. The molecule has 0 aliphatic carbocycles. The predicted molar refractivity (Wildman–Crippen MR) is 162 cm³/mol. The molecule has 1 fully saturated rings. The van der Waals surface area contributed by atoms with Gasteiger partial charge in [0.15, 0.2) is 5.78 Å². The number of aliphatic imine (C=N–C) groups is 1. The number of carbonyl (C=O) groups is 4. The van der Waals surface area contributed by atoms with Gasteiger partial charge in [0.25, 0.3) is 0 Å². The van der Waals surface area contributed by atoms with E-state index in [0.29, 0.717) is 35.3 Å². The molecule has 11 nitrogen and oxygen atoms in total. The van der Waals surface area contributed by atoms with Crippen LogP contribution in [0.15, 0.2) is 59.7 Å². The normalized spacial score (nSPS) is 18.7. The molecule has 0 saturated carbocycles. The fourth-order valence-corrected chi connectivity index (χ4v) is 5.87. The molecule has 3 heterocycles. The van der Waals surface area contributed by atoms with Crippen LogP contribution < -0.4 is 15.8 Å². The zero-order valence-electron chi connectivity index (χ0n) is 23.9. The fourth-order valence-electron chi connectivity index (χ4n) is 5.03. The summed E-state index contributed by atoms with van der Waals surface area (Å²) in [6.45, 7) is 6.12. The molecule has 0 radical (unpaired) electrons.